The number of ether oxygens (including phenoxy) is 1. The molecule has 3 nitrogen and oxygen atoms in total. The van der Waals surface area contributed by atoms with Gasteiger partial charge in [0, 0.05) is 42.8 Å². The van der Waals surface area contributed by atoms with Gasteiger partial charge in [0.25, 0.3) is 0 Å². The Labute approximate surface area is 162 Å². The van der Waals surface area contributed by atoms with Crippen LogP contribution in [0.3, 0.4) is 0 Å². The lowest BCUT2D eigenvalue weighted by Gasteiger charge is -2.22. The molecule has 0 bridgehead atoms. The van der Waals surface area contributed by atoms with E-state index in [1.807, 2.05) is 35.7 Å². The number of methoxy groups -OCH3 is 1. The summed E-state index contributed by atoms with van der Waals surface area (Å²) < 4.78 is 18.7. The van der Waals surface area contributed by atoms with Gasteiger partial charge in [0.2, 0.25) is 0 Å². The van der Waals surface area contributed by atoms with Crippen molar-refractivity contribution in [3.8, 4) is 11.3 Å². The second-order valence-electron chi connectivity index (χ2n) is 5.92. The van der Waals surface area contributed by atoms with E-state index in [1.165, 1.54) is 6.07 Å². The molecule has 0 radical (unpaired) electrons. The summed E-state index contributed by atoms with van der Waals surface area (Å²) in [5.74, 6) is -0.222. The van der Waals surface area contributed by atoms with Crippen molar-refractivity contribution in [3.63, 3.8) is 0 Å². The molecule has 0 amide bonds. The van der Waals surface area contributed by atoms with Crippen molar-refractivity contribution in [1.82, 2.24) is 4.98 Å². The summed E-state index contributed by atoms with van der Waals surface area (Å²) in [5, 5.41) is 3.65. The molecule has 3 aromatic rings. The largest absolute Gasteiger partial charge is 0.385 e. The molecule has 0 aliphatic rings. The van der Waals surface area contributed by atoms with Gasteiger partial charge in [-0.05, 0) is 36.2 Å². The summed E-state index contributed by atoms with van der Waals surface area (Å²) in [4.78, 5) is 6.94. The predicted octanol–water partition coefficient (Wildman–Crippen LogP) is 5.65. The minimum Gasteiger partial charge on any atom is -0.385 e. The van der Waals surface area contributed by atoms with E-state index in [9.17, 15) is 4.39 Å². The van der Waals surface area contributed by atoms with Crippen LogP contribution in [0.5, 0.6) is 0 Å². The van der Waals surface area contributed by atoms with Gasteiger partial charge in [0.05, 0.1) is 5.69 Å². The maximum absolute atomic E-state index is 13.5. The minimum absolute atomic E-state index is 0.222. The highest BCUT2D eigenvalue weighted by Gasteiger charge is 2.13. The predicted molar refractivity (Wildman–Crippen MR) is 107 cm³/mol. The number of hydrogen-bond donors (Lipinski definition) is 0. The molecule has 0 atom stereocenters. The molecular formula is C20H20ClFN2OS. The first-order valence-electron chi connectivity index (χ1n) is 8.35. The Morgan fingerprint density at radius 2 is 2.00 bits per heavy atom. The van der Waals surface area contributed by atoms with Crippen LogP contribution in [0.25, 0.3) is 11.3 Å². The zero-order valence-electron chi connectivity index (χ0n) is 14.5. The Morgan fingerprint density at radius 3 is 2.73 bits per heavy atom. The zero-order valence-corrected chi connectivity index (χ0v) is 16.1. The minimum atomic E-state index is -0.222. The molecule has 0 fully saturated rings. The van der Waals surface area contributed by atoms with Crippen molar-refractivity contribution in [2.24, 2.45) is 0 Å². The first-order valence-corrected chi connectivity index (χ1v) is 9.61. The second-order valence-corrected chi connectivity index (χ2v) is 7.19. The number of aromatic nitrogens is 1. The van der Waals surface area contributed by atoms with Crippen LogP contribution in [0.15, 0.2) is 53.9 Å². The van der Waals surface area contributed by atoms with Crippen LogP contribution in [0.4, 0.5) is 9.52 Å². The monoisotopic (exact) mass is 390 g/mol. The molecule has 1 heterocycles. The third-order valence-corrected chi connectivity index (χ3v) is 5.09. The molecule has 2 aromatic carbocycles. The van der Waals surface area contributed by atoms with Crippen molar-refractivity contribution >= 4 is 28.1 Å². The quantitative estimate of drug-likeness (QED) is 0.465. The van der Waals surface area contributed by atoms with Gasteiger partial charge in [0.15, 0.2) is 5.13 Å². The summed E-state index contributed by atoms with van der Waals surface area (Å²) in [6.07, 6.45) is 0.877. The van der Waals surface area contributed by atoms with Gasteiger partial charge in [-0.1, -0.05) is 35.9 Å². The number of anilines is 1. The zero-order chi connectivity index (χ0) is 18.4. The molecule has 0 N–H and O–H groups in total. The maximum Gasteiger partial charge on any atom is 0.186 e. The molecular weight excluding hydrogens is 371 g/mol. The van der Waals surface area contributed by atoms with Gasteiger partial charge in [0.1, 0.15) is 5.82 Å². The molecule has 0 unspecified atom stereocenters. The highest BCUT2D eigenvalue weighted by atomic mass is 35.5. The maximum atomic E-state index is 13.5. The average Bonchev–Trinajstić information content (AvgIpc) is 3.12. The third kappa shape index (κ3) is 5.04. The molecule has 1 aromatic heterocycles. The van der Waals surface area contributed by atoms with Crippen LogP contribution in [0.1, 0.15) is 12.0 Å². The molecule has 0 saturated carbocycles. The Kier molecular flexibility index (Phi) is 6.61. The van der Waals surface area contributed by atoms with Gasteiger partial charge in [-0.25, -0.2) is 9.37 Å². The van der Waals surface area contributed by atoms with Gasteiger partial charge in [-0.3, -0.25) is 0 Å². The highest BCUT2D eigenvalue weighted by Crippen LogP contribution is 2.29. The smallest absolute Gasteiger partial charge is 0.186 e. The van der Waals surface area contributed by atoms with Gasteiger partial charge >= 0.3 is 0 Å². The lowest BCUT2D eigenvalue weighted by Crippen LogP contribution is -2.24. The molecule has 136 valence electrons. The fraction of sp³-hybridized carbons (Fsp3) is 0.250. The summed E-state index contributed by atoms with van der Waals surface area (Å²) >= 11 is 7.55. The summed E-state index contributed by atoms with van der Waals surface area (Å²) in [5.41, 5.74) is 2.86. The van der Waals surface area contributed by atoms with Gasteiger partial charge in [-0.2, -0.15) is 0 Å². The number of halogens is 2. The summed E-state index contributed by atoms with van der Waals surface area (Å²) in [6.45, 7) is 2.07. The van der Waals surface area contributed by atoms with Crippen LogP contribution < -0.4 is 4.90 Å². The van der Waals surface area contributed by atoms with Crippen molar-refractivity contribution in [1.29, 1.82) is 0 Å². The van der Waals surface area contributed by atoms with Crippen molar-refractivity contribution in [2.75, 3.05) is 25.2 Å². The van der Waals surface area contributed by atoms with Crippen LogP contribution >= 0.6 is 22.9 Å². The Hall–Kier alpha value is -1.95. The van der Waals surface area contributed by atoms with Crippen LogP contribution in [0, 0.1) is 5.82 Å². The van der Waals surface area contributed by atoms with E-state index >= 15 is 0 Å². The topological polar surface area (TPSA) is 25.4 Å². The first-order chi connectivity index (χ1) is 12.7. The SMILES string of the molecule is COCCCN(Cc1cccc(F)c1)c1nc(-c2ccc(Cl)cc2)cs1. The number of rotatable bonds is 8. The molecule has 6 heteroatoms. The van der Waals surface area contributed by atoms with E-state index in [2.05, 4.69) is 4.90 Å². The van der Waals surface area contributed by atoms with E-state index < -0.39 is 0 Å². The van der Waals surface area contributed by atoms with Crippen molar-refractivity contribution < 1.29 is 9.13 Å². The van der Waals surface area contributed by atoms with Gasteiger partial charge < -0.3 is 9.64 Å². The Balaban J connectivity index is 1.80. The van der Waals surface area contributed by atoms with Crippen LogP contribution in [-0.4, -0.2) is 25.2 Å². The summed E-state index contributed by atoms with van der Waals surface area (Å²) in [6, 6.07) is 14.3. The number of hydrogen-bond acceptors (Lipinski definition) is 4. The molecule has 26 heavy (non-hydrogen) atoms. The summed E-state index contributed by atoms with van der Waals surface area (Å²) in [7, 11) is 1.69. The van der Waals surface area contributed by atoms with E-state index in [0.29, 0.717) is 18.2 Å². The van der Waals surface area contributed by atoms with E-state index in [0.717, 1.165) is 34.9 Å². The van der Waals surface area contributed by atoms with E-state index in [4.69, 9.17) is 21.3 Å². The molecule has 0 aliphatic heterocycles. The molecule has 0 spiro atoms. The average molecular weight is 391 g/mol. The fourth-order valence-electron chi connectivity index (χ4n) is 2.66. The van der Waals surface area contributed by atoms with Crippen molar-refractivity contribution in [2.45, 2.75) is 13.0 Å². The van der Waals surface area contributed by atoms with E-state index in [1.54, 1.807) is 30.6 Å². The number of nitrogens with zero attached hydrogens (tertiary/aromatic N) is 2. The Morgan fingerprint density at radius 1 is 1.19 bits per heavy atom. The normalized spacial score (nSPS) is 10.9. The second kappa shape index (κ2) is 9.12. The lowest BCUT2D eigenvalue weighted by atomic mass is 10.2. The molecule has 0 saturated heterocycles. The fourth-order valence-corrected chi connectivity index (χ4v) is 3.65. The molecule has 3 rings (SSSR count). The number of thiazole rings is 1. The van der Waals surface area contributed by atoms with Crippen molar-refractivity contribution in [3.05, 3.63) is 70.3 Å². The van der Waals surface area contributed by atoms with Crippen LogP contribution in [0.2, 0.25) is 5.02 Å². The highest BCUT2D eigenvalue weighted by molar-refractivity contribution is 7.14. The standard InChI is InChI=1S/C20H20ClFN2OS/c1-25-11-3-10-24(13-15-4-2-5-18(22)12-15)20-23-19(14-26-20)16-6-8-17(21)9-7-16/h2,4-9,12,14H,3,10-11,13H2,1H3. The van der Waals surface area contributed by atoms with E-state index in [-0.39, 0.29) is 5.82 Å². The first kappa shape index (κ1) is 18.8. The van der Waals surface area contributed by atoms with Gasteiger partial charge in [-0.15, -0.1) is 11.3 Å². The molecule has 0 aliphatic carbocycles. The third-order valence-electron chi connectivity index (χ3n) is 3.94. The number of benzene rings is 2. The van der Waals surface area contributed by atoms with Crippen LogP contribution in [-0.2, 0) is 11.3 Å². The lowest BCUT2D eigenvalue weighted by molar-refractivity contribution is 0.196. The Bertz CT molecular complexity index is 838.